The summed E-state index contributed by atoms with van der Waals surface area (Å²) in [5.41, 5.74) is 0.395. The van der Waals surface area contributed by atoms with E-state index in [0.29, 0.717) is 48.3 Å². The minimum Gasteiger partial charge on any atom is -0.486 e. The number of piperazine rings is 1. The van der Waals surface area contributed by atoms with Crippen LogP contribution in [0.25, 0.3) is 22.0 Å². The van der Waals surface area contributed by atoms with E-state index in [0.717, 1.165) is 45.1 Å². The fraction of sp³-hybridized carbons (Fsp3) is 0.500. The number of carbonyl (C=O) groups excluding carboxylic acids is 1. The van der Waals surface area contributed by atoms with Crippen LogP contribution in [0.2, 0.25) is 5.02 Å². The molecule has 2 unspecified atom stereocenters. The maximum atomic E-state index is 15.3. The Hall–Kier alpha value is -3.54. The van der Waals surface area contributed by atoms with Crippen LogP contribution >= 0.6 is 11.6 Å². The average molecular weight is 654 g/mol. The first-order valence-electron chi connectivity index (χ1n) is 16.1. The molecule has 46 heavy (non-hydrogen) atoms. The Balaban J connectivity index is 1.28. The highest BCUT2D eigenvalue weighted by molar-refractivity contribution is 6.35. The number of hydrogen-bond acceptors (Lipinski definition) is 7. The molecule has 12 heteroatoms. The van der Waals surface area contributed by atoms with Crippen molar-refractivity contribution in [2.24, 2.45) is 0 Å². The molecule has 4 aliphatic heterocycles. The van der Waals surface area contributed by atoms with Crippen LogP contribution in [0.4, 0.5) is 14.6 Å². The molecule has 0 radical (unpaired) electrons. The van der Waals surface area contributed by atoms with Crippen molar-refractivity contribution >= 4 is 34.2 Å². The second-order valence-corrected chi connectivity index (χ2v) is 13.4. The summed E-state index contributed by atoms with van der Waals surface area (Å²) in [5.74, 6) is -0.917. The van der Waals surface area contributed by atoms with Gasteiger partial charge in [0.2, 0.25) is 5.91 Å². The van der Waals surface area contributed by atoms with Gasteiger partial charge in [-0.05, 0) is 70.4 Å². The lowest BCUT2D eigenvalue weighted by Gasteiger charge is -2.44. The van der Waals surface area contributed by atoms with Gasteiger partial charge in [0, 0.05) is 59.8 Å². The molecule has 7 rings (SSSR count). The molecule has 2 bridgehead atoms. The number of carbonyl (C=O) groups is 1. The highest BCUT2D eigenvalue weighted by atomic mass is 35.5. The van der Waals surface area contributed by atoms with Crippen LogP contribution in [0.3, 0.4) is 0 Å². The summed E-state index contributed by atoms with van der Waals surface area (Å²) in [6.07, 6.45) is 4.73. The Morgan fingerprint density at radius 1 is 1.11 bits per heavy atom. The number of amides is 1. The van der Waals surface area contributed by atoms with Crippen LogP contribution in [0.5, 0.6) is 5.75 Å². The maximum absolute atomic E-state index is 15.3. The molecule has 244 valence electrons. The van der Waals surface area contributed by atoms with Gasteiger partial charge in [-0.1, -0.05) is 18.2 Å². The van der Waals surface area contributed by atoms with Gasteiger partial charge in [0.05, 0.1) is 30.3 Å². The summed E-state index contributed by atoms with van der Waals surface area (Å²) in [6, 6.07) is 5.58. The van der Waals surface area contributed by atoms with E-state index in [-0.39, 0.29) is 52.5 Å². The Morgan fingerprint density at radius 3 is 2.59 bits per heavy atom. The number of fused-ring (bicyclic) bond motifs is 2. The van der Waals surface area contributed by atoms with Crippen LogP contribution in [-0.2, 0) is 16.1 Å². The summed E-state index contributed by atoms with van der Waals surface area (Å²) in [5, 5.41) is 0.796. The Bertz CT molecular complexity index is 1750. The van der Waals surface area contributed by atoms with Crippen LogP contribution in [-0.4, -0.2) is 88.4 Å². The topological polar surface area (TPSA) is 80.1 Å². The van der Waals surface area contributed by atoms with E-state index in [9.17, 15) is 14.0 Å². The molecule has 0 aliphatic carbocycles. The van der Waals surface area contributed by atoms with Crippen molar-refractivity contribution in [3.63, 3.8) is 0 Å². The van der Waals surface area contributed by atoms with E-state index in [1.807, 2.05) is 18.7 Å². The van der Waals surface area contributed by atoms with E-state index >= 15 is 4.39 Å². The molecule has 5 atom stereocenters. The molecule has 2 aromatic carbocycles. The zero-order valence-corrected chi connectivity index (χ0v) is 26.8. The maximum Gasteiger partial charge on any atom is 0.350 e. The van der Waals surface area contributed by atoms with E-state index in [2.05, 4.69) is 16.5 Å². The van der Waals surface area contributed by atoms with Crippen molar-refractivity contribution in [2.75, 3.05) is 37.7 Å². The molecule has 0 spiro atoms. The molecule has 0 saturated carbocycles. The van der Waals surface area contributed by atoms with Crippen LogP contribution < -0.4 is 15.3 Å². The van der Waals surface area contributed by atoms with Gasteiger partial charge in [-0.25, -0.2) is 13.6 Å². The quantitative estimate of drug-likeness (QED) is 0.332. The second-order valence-electron chi connectivity index (χ2n) is 13.0. The molecular weight excluding hydrogens is 616 g/mol. The second kappa shape index (κ2) is 12.2. The number of aromatic nitrogens is 2. The zero-order chi connectivity index (χ0) is 32.3. The van der Waals surface area contributed by atoms with Gasteiger partial charge in [0.1, 0.15) is 23.6 Å². The number of benzene rings is 2. The Morgan fingerprint density at radius 2 is 1.87 bits per heavy atom. The summed E-state index contributed by atoms with van der Waals surface area (Å²) in [6.45, 7) is 11.1. The summed E-state index contributed by atoms with van der Waals surface area (Å²) in [4.78, 5) is 37.2. The van der Waals surface area contributed by atoms with Crippen molar-refractivity contribution in [3.05, 3.63) is 64.1 Å². The lowest BCUT2D eigenvalue weighted by atomic mass is 9.98. The third-order valence-corrected chi connectivity index (χ3v) is 10.4. The van der Waals surface area contributed by atoms with E-state index in [1.54, 1.807) is 15.5 Å². The van der Waals surface area contributed by atoms with E-state index in [4.69, 9.17) is 21.1 Å². The molecule has 3 fully saturated rings. The number of nitrogens with zero attached hydrogens (tertiary/aromatic N) is 5. The third-order valence-electron chi connectivity index (χ3n) is 10.1. The average Bonchev–Trinajstić information content (AvgIpc) is 3.24. The Labute approximate surface area is 271 Å². The SMILES string of the molecule is C=CC(=O)N1C[C@H](C)N(c2nc(=O)n3c4c(c(-c5ccc(F)cc5F)c(Cl)cc24)O[C@@H](CCCN2C4CCC2COC4)C3)C[C@H]1C. The van der Waals surface area contributed by atoms with Gasteiger partial charge in [-0.2, -0.15) is 4.98 Å². The van der Waals surface area contributed by atoms with Crippen LogP contribution in [0, 0.1) is 11.6 Å². The van der Waals surface area contributed by atoms with E-state index in [1.165, 1.54) is 18.2 Å². The molecule has 4 aliphatic rings. The standard InChI is InChI=1S/C34H38ClF2N5O4/c1-4-29(43)40-14-20(3)41(15-19(40)2)33-26-13-27(35)30(25-10-7-21(36)12-28(25)37)32-31(26)42(34(44)38-33)16-24(46-32)6-5-11-39-22-8-9-23(39)18-45-17-22/h4,7,10,12-13,19-20,22-24H,1,5-6,8-9,11,14-18H2,2-3H3/t19-,20+,22?,23?,24+/m1/s1. The first-order chi connectivity index (χ1) is 22.1. The number of rotatable bonds is 7. The summed E-state index contributed by atoms with van der Waals surface area (Å²) in [7, 11) is 0. The van der Waals surface area contributed by atoms with Gasteiger partial charge in [0.25, 0.3) is 0 Å². The summed E-state index contributed by atoms with van der Waals surface area (Å²) >= 11 is 6.95. The fourth-order valence-electron chi connectivity index (χ4n) is 7.79. The van der Waals surface area contributed by atoms with Crippen molar-refractivity contribution < 1.29 is 23.0 Å². The smallest absolute Gasteiger partial charge is 0.350 e. The predicted molar refractivity (Wildman–Crippen MR) is 173 cm³/mol. The number of morpholine rings is 1. The van der Waals surface area contributed by atoms with E-state index < -0.39 is 17.3 Å². The molecule has 9 nitrogen and oxygen atoms in total. The first-order valence-corrected chi connectivity index (χ1v) is 16.4. The van der Waals surface area contributed by atoms with Crippen molar-refractivity contribution in [1.82, 2.24) is 19.4 Å². The van der Waals surface area contributed by atoms with Gasteiger partial charge in [-0.3, -0.25) is 14.3 Å². The van der Waals surface area contributed by atoms with Crippen LogP contribution in [0.15, 0.2) is 41.7 Å². The lowest BCUT2D eigenvalue weighted by Crippen LogP contribution is -2.58. The minimum absolute atomic E-state index is 0.0877. The fourth-order valence-corrected chi connectivity index (χ4v) is 8.09. The van der Waals surface area contributed by atoms with Crippen LogP contribution in [0.1, 0.15) is 39.5 Å². The molecule has 3 aromatic rings. The predicted octanol–water partition coefficient (Wildman–Crippen LogP) is 5.01. The zero-order valence-electron chi connectivity index (χ0n) is 26.1. The first kappa shape index (κ1) is 31.1. The van der Waals surface area contributed by atoms with Gasteiger partial charge in [0.15, 0.2) is 5.75 Å². The molecule has 0 N–H and O–H groups in total. The largest absolute Gasteiger partial charge is 0.486 e. The van der Waals surface area contributed by atoms with Crippen molar-refractivity contribution in [2.45, 2.75) is 76.3 Å². The molecule has 5 heterocycles. The number of halogens is 3. The van der Waals surface area contributed by atoms with Gasteiger partial charge >= 0.3 is 5.69 Å². The normalized spacial score (nSPS) is 26.0. The Kier molecular flexibility index (Phi) is 8.27. The lowest BCUT2D eigenvalue weighted by molar-refractivity contribution is -0.128. The van der Waals surface area contributed by atoms with Gasteiger partial charge in [-0.15, -0.1) is 0 Å². The highest BCUT2D eigenvalue weighted by Gasteiger charge is 2.38. The molecule has 3 saturated heterocycles. The summed E-state index contributed by atoms with van der Waals surface area (Å²) < 4.78 is 43.3. The molecule has 1 aromatic heterocycles. The monoisotopic (exact) mass is 653 g/mol. The van der Waals surface area contributed by atoms with Crippen molar-refractivity contribution in [3.8, 4) is 16.9 Å². The molecule has 1 amide bonds. The number of hydrogen-bond donors (Lipinski definition) is 0. The highest BCUT2D eigenvalue weighted by Crippen LogP contribution is 2.47. The minimum atomic E-state index is -0.778. The third kappa shape index (κ3) is 5.36. The number of ether oxygens (including phenoxy) is 2. The molecular formula is C34H38ClF2N5O4. The van der Waals surface area contributed by atoms with Gasteiger partial charge < -0.3 is 19.3 Å². The van der Waals surface area contributed by atoms with Crippen molar-refractivity contribution in [1.29, 1.82) is 0 Å². The number of anilines is 1.